The van der Waals surface area contributed by atoms with Gasteiger partial charge in [-0.05, 0) is 42.7 Å². The van der Waals surface area contributed by atoms with Crippen molar-refractivity contribution in [2.75, 3.05) is 18.4 Å². The van der Waals surface area contributed by atoms with E-state index in [0.717, 1.165) is 6.07 Å². The van der Waals surface area contributed by atoms with Crippen LogP contribution in [0.3, 0.4) is 0 Å². The number of nitrogens with one attached hydrogen (secondary N) is 1. The van der Waals surface area contributed by atoms with Crippen LogP contribution in [-0.4, -0.2) is 37.8 Å². The molecule has 1 amide bonds. The summed E-state index contributed by atoms with van der Waals surface area (Å²) in [5, 5.41) is 2.58. The monoisotopic (exact) mass is 390 g/mol. The second-order valence-corrected chi connectivity index (χ2v) is 8.60. The third-order valence-electron chi connectivity index (χ3n) is 4.82. The van der Waals surface area contributed by atoms with Gasteiger partial charge in [0.2, 0.25) is 15.9 Å². The van der Waals surface area contributed by atoms with Gasteiger partial charge in [0.1, 0.15) is 22.6 Å². The SMILES string of the molecule is O=C1CCc2cc(S(=O)(=O)N3CC[C@@H](Oc4ccccc4)C3)c(F)cc2N1. The standard InChI is InChI=1S/C19H19FN2O4S/c20-16-11-17-13(6-7-19(23)21-17)10-18(16)27(24,25)22-9-8-15(12-22)26-14-4-2-1-3-5-14/h1-5,10-11,15H,6-9,12H2,(H,21,23)/t15-/m1/s1. The number of halogens is 1. The number of amides is 1. The van der Waals surface area contributed by atoms with Crippen LogP contribution in [0.4, 0.5) is 10.1 Å². The Balaban J connectivity index is 1.55. The van der Waals surface area contributed by atoms with Crippen LogP contribution in [0.15, 0.2) is 47.4 Å². The molecule has 1 N–H and O–H groups in total. The Bertz CT molecular complexity index is 979. The van der Waals surface area contributed by atoms with Crippen LogP contribution in [0.25, 0.3) is 0 Å². The van der Waals surface area contributed by atoms with Crippen molar-refractivity contribution in [3.63, 3.8) is 0 Å². The molecule has 0 aliphatic carbocycles. The van der Waals surface area contributed by atoms with Crippen molar-refractivity contribution >= 4 is 21.6 Å². The maximum atomic E-state index is 14.5. The lowest BCUT2D eigenvalue weighted by molar-refractivity contribution is -0.116. The van der Waals surface area contributed by atoms with Crippen LogP contribution in [-0.2, 0) is 21.2 Å². The van der Waals surface area contributed by atoms with Crippen LogP contribution in [0, 0.1) is 5.82 Å². The zero-order chi connectivity index (χ0) is 19.0. The molecule has 0 saturated carbocycles. The van der Waals surface area contributed by atoms with E-state index in [1.807, 2.05) is 30.3 Å². The molecule has 2 aliphatic rings. The molecule has 2 aromatic rings. The third-order valence-corrected chi connectivity index (χ3v) is 6.70. The van der Waals surface area contributed by atoms with Gasteiger partial charge in [0.05, 0.1) is 6.54 Å². The number of carbonyl (C=O) groups excluding carboxylic acids is 1. The van der Waals surface area contributed by atoms with Crippen molar-refractivity contribution in [2.24, 2.45) is 0 Å². The van der Waals surface area contributed by atoms with E-state index in [9.17, 15) is 17.6 Å². The van der Waals surface area contributed by atoms with Crippen molar-refractivity contribution in [3.8, 4) is 5.75 Å². The first-order chi connectivity index (χ1) is 12.9. The van der Waals surface area contributed by atoms with E-state index in [2.05, 4.69) is 5.32 Å². The Hall–Kier alpha value is -2.45. The van der Waals surface area contributed by atoms with Gasteiger partial charge in [-0.25, -0.2) is 12.8 Å². The van der Waals surface area contributed by atoms with E-state index in [1.54, 1.807) is 0 Å². The Kier molecular flexibility index (Phi) is 4.61. The number of hydrogen-bond donors (Lipinski definition) is 1. The lowest BCUT2D eigenvalue weighted by Crippen LogP contribution is -2.32. The lowest BCUT2D eigenvalue weighted by atomic mass is 10.0. The maximum absolute atomic E-state index is 14.5. The summed E-state index contributed by atoms with van der Waals surface area (Å²) in [5.41, 5.74) is 0.972. The molecule has 2 aromatic carbocycles. The minimum absolute atomic E-state index is 0.171. The highest BCUT2D eigenvalue weighted by Gasteiger charge is 2.36. The molecule has 4 rings (SSSR count). The number of hydrogen-bond acceptors (Lipinski definition) is 4. The normalized spacial score (nSPS) is 20.2. The van der Waals surface area contributed by atoms with Crippen LogP contribution in [0.5, 0.6) is 5.75 Å². The van der Waals surface area contributed by atoms with E-state index in [-0.39, 0.29) is 36.4 Å². The Labute approximate surface area is 157 Å². The molecular formula is C19H19FN2O4S. The van der Waals surface area contributed by atoms with Gasteiger partial charge in [-0.15, -0.1) is 0 Å². The number of carbonyl (C=O) groups is 1. The number of aryl methyl sites for hydroxylation is 1. The number of benzene rings is 2. The summed E-state index contributed by atoms with van der Waals surface area (Å²) in [6.45, 7) is 0.442. The summed E-state index contributed by atoms with van der Waals surface area (Å²) in [6.07, 6.45) is 0.914. The van der Waals surface area contributed by atoms with E-state index in [0.29, 0.717) is 29.8 Å². The summed E-state index contributed by atoms with van der Waals surface area (Å²) < 4.78 is 47.5. The highest BCUT2D eigenvalue weighted by molar-refractivity contribution is 7.89. The molecule has 2 aliphatic heterocycles. The fourth-order valence-corrected chi connectivity index (χ4v) is 5.00. The predicted octanol–water partition coefficient (Wildman–Crippen LogP) is 2.55. The van der Waals surface area contributed by atoms with E-state index in [1.165, 1.54) is 10.4 Å². The first-order valence-electron chi connectivity index (χ1n) is 8.77. The Morgan fingerprint density at radius 2 is 1.93 bits per heavy atom. The molecule has 0 aromatic heterocycles. The summed E-state index contributed by atoms with van der Waals surface area (Å²) in [4.78, 5) is 11.1. The Morgan fingerprint density at radius 1 is 1.15 bits per heavy atom. The van der Waals surface area contributed by atoms with Crippen LogP contribution in [0.2, 0.25) is 0 Å². The fourth-order valence-electron chi connectivity index (χ4n) is 3.42. The molecule has 6 nitrogen and oxygen atoms in total. The average molecular weight is 390 g/mol. The van der Waals surface area contributed by atoms with Gasteiger partial charge in [-0.3, -0.25) is 4.79 Å². The zero-order valence-electron chi connectivity index (χ0n) is 14.5. The third kappa shape index (κ3) is 3.54. The number of anilines is 1. The van der Waals surface area contributed by atoms with Crippen LogP contribution >= 0.6 is 0 Å². The number of rotatable bonds is 4. The van der Waals surface area contributed by atoms with Gasteiger partial charge >= 0.3 is 0 Å². The summed E-state index contributed by atoms with van der Waals surface area (Å²) in [5.74, 6) is -0.376. The number of ether oxygens (including phenoxy) is 1. The quantitative estimate of drug-likeness (QED) is 0.871. The minimum atomic E-state index is -3.98. The summed E-state index contributed by atoms with van der Waals surface area (Å²) in [7, 11) is -3.98. The second-order valence-electron chi connectivity index (χ2n) is 6.69. The molecule has 0 radical (unpaired) electrons. The van der Waals surface area contributed by atoms with Crippen molar-refractivity contribution < 1.29 is 22.3 Å². The van der Waals surface area contributed by atoms with Gasteiger partial charge in [-0.1, -0.05) is 18.2 Å². The van der Waals surface area contributed by atoms with Crippen LogP contribution < -0.4 is 10.1 Å². The van der Waals surface area contributed by atoms with Gasteiger partial charge in [-0.2, -0.15) is 4.31 Å². The van der Waals surface area contributed by atoms with E-state index < -0.39 is 15.8 Å². The maximum Gasteiger partial charge on any atom is 0.246 e. The number of nitrogens with zero attached hydrogens (tertiary/aromatic N) is 1. The summed E-state index contributed by atoms with van der Waals surface area (Å²) in [6, 6.07) is 11.6. The average Bonchev–Trinajstić information content (AvgIpc) is 3.11. The predicted molar refractivity (Wildman–Crippen MR) is 97.6 cm³/mol. The first kappa shape index (κ1) is 17.9. The zero-order valence-corrected chi connectivity index (χ0v) is 15.3. The van der Waals surface area contributed by atoms with Crippen molar-refractivity contribution in [1.29, 1.82) is 0 Å². The highest BCUT2D eigenvalue weighted by Crippen LogP contribution is 2.31. The van der Waals surface area contributed by atoms with Crippen molar-refractivity contribution in [2.45, 2.75) is 30.3 Å². The molecule has 2 heterocycles. The first-order valence-corrected chi connectivity index (χ1v) is 10.2. The lowest BCUT2D eigenvalue weighted by Gasteiger charge is -2.21. The van der Waals surface area contributed by atoms with E-state index in [4.69, 9.17) is 4.74 Å². The molecule has 1 atom stereocenters. The molecule has 0 bridgehead atoms. The number of para-hydroxylation sites is 1. The molecule has 142 valence electrons. The van der Waals surface area contributed by atoms with Gasteiger partial charge in [0, 0.05) is 18.7 Å². The smallest absolute Gasteiger partial charge is 0.246 e. The van der Waals surface area contributed by atoms with Gasteiger partial charge in [0.25, 0.3) is 0 Å². The number of fused-ring (bicyclic) bond motifs is 1. The van der Waals surface area contributed by atoms with Gasteiger partial charge < -0.3 is 10.1 Å². The second kappa shape index (κ2) is 6.94. The molecule has 0 unspecified atom stereocenters. The molecule has 1 fully saturated rings. The molecule has 0 spiro atoms. The van der Waals surface area contributed by atoms with Crippen LogP contribution in [0.1, 0.15) is 18.4 Å². The molecule has 1 saturated heterocycles. The largest absolute Gasteiger partial charge is 0.489 e. The van der Waals surface area contributed by atoms with Gasteiger partial charge in [0.15, 0.2) is 0 Å². The Morgan fingerprint density at radius 3 is 2.70 bits per heavy atom. The van der Waals surface area contributed by atoms with E-state index >= 15 is 0 Å². The summed E-state index contributed by atoms with van der Waals surface area (Å²) >= 11 is 0. The van der Waals surface area contributed by atoms with Crippen molar-refractivity contribution in [3.05, 3.63) is 53.8 Å². The highest BCUT2D eigenvalue weighted by atomic mass is 32.2. The molecule has 8 heteroatoms. The fraction of sp³-hybridized carbons (Fsp3) is 0.316. The topological polar surface area (TPSA) is 75.7 Å². The van der Waals surface area contributed by atoms with Crippen molar-refractivity contribution in [1.82, 2.24) is 4.31 Å². The molecule has 27 heavy (non-hydrogen) atoms. The number of sulfonamides is 1. The molecular weight excluding hydrogens is 371 g/mol. The minimum Gasteiger partial charge on any atom is -0.489 e.